The van der Waals surface area contributed by atoms with E-state index in [0.29, 0.717) is 33.3 Å². The quantitative estimate of drug-likeness (QED) is 0.393. The van der Waals surface area contributed by atoms with Crippen molar-refractivity contribution in [3.05, 3.63) is 79.6 Å². The molecular formula is C26H25N3O4S. The van der Waals surface area contributed by atoms with Crippen LogP contribution in [0.15, 0.2) is 45.6 Å². The summed E-state index contributed by atoms with van der Waals surface area (Å²) in [5.74, 6) is 0.690. The van der Waals surface area contributed by atoms with Crippen LogP contribution in [0, 0.1) is 19.8 Å². The molecule has 2 aromatic carbocycles. The number of aryl methyl sites for hydroxylation is 2. The van der Waals surface area contributed by atoms with Gasteiger partial charge in [0, 0.05) is 6.42 Å². The highest BCUT2D eigenvalue weighted by Gasteiger charge is 2.45. The lowest BCUT2D eigenvalue weighted by molar-refractivity contribution is 0.0970. The molecule has 1 atom stereocenters. The van der Waals surface area contributed by atoms with Gasteiger partial charge in [0.1, 0.15) is 16.3 Å². The highest BCUT2D eigenvalue weighted by molar-refractivity contribution is 7.15. The van der Waals surface area contributed by atoms with Gasteiger partial charge in [0.2, 0.25) is 10.9 Å². The summed E-state index contributed by atoms with van der Waals surface area (Å²) in [5, 5.41) is 10.4. The van der Waals surface area contributed by atoms with E-state index in [1.807, 2.05) is 50.2 Å². The molecule has 0 saturated heterocycles. The van der Waals surface area contributed by atoms with Crippen LogP contribution in [0.3, 0.4) is 0 Å². The van der Waals surface area contributed by atoms with Gasteiger partial charge < -0.3 is 9.15 Å². The third-order valence-electron chi connectivity index (χ3n) is 6.14. The third-order valence-corrected chi connectivity index (χ3v) is 7.09. The normalized spacial score (nSPS) is 15.4. The average molecular weight is 476 g/mol. The van der Waals surface area contributed by atoms with Crippen LogP contribution in [-0.2, 0) is 6.42 Å². The van der Waals surface area contributed by atoms with E-state index in [4.69, 9.17) is 9.15 Å². The number of carbonyl (C=O) groups excluding carboxylic acids is 1. The molecule has 0 aliphatic carbocycles. The molecule has 0 radical (unpaired) electrons. The zero-order valence-electron chi connectivity index (χ0n) is 19.7. The summed E-state index contributed by atoms with van der Waals surface area (Å²) < 4.78 is 11.5. The van der Waals surface area contributed by atoms with E-state index < -0.39 is 11.9 Å². The van der Waals surface area contributed by atoms with Crippen molar-refractivity contribution < 1.29 is 13.9 Å². The van der Waals surface area contributed by atoms with Gasteiger partial charge in [0.25, 0.3) is 5.91 Å². The number of hydrogen-bond acceptors (Lipinski definition) is 7. The van der Waals surface area contributed by atoms with Crippen LogP contribution < -0.4 is 15.1 Å². The number of benzene rings is 2. The number of rotatable bonds is 5. The predicted octanol–water partition coefficient (Wildman–Crippen LogP) is 5.22. The summed E-state index contributed by atoms with van der Waals surface area (Å²) in [5.41, 5.74) is 3.22. The Morgan fingerprint density at radius 2 is 1.88 bits per heavy atom. The van der Waals surface area contributed by atoms with Gasteiger partial charge in [-0.2, -0.15) is 0 Å². The summed E-state index contributed by atoms with van der Waals surface area (Å²) in [7, 11) is 1.58. The molecule has 1 aliphatic rings. The van der Waals surface area contributed by atoms with E-state index >= 15 is 0 Å². The summed E-state index contributed by atoms with van der Waals surface area (Å²) in [4.78, 5) is 29.0. The largest absolute Gasteiger partial charge is 0.497 e. The third kappa shape index (κ3) is 3.58. The van der Waals surface area contributed by atoms with Gasteiger partial charge in [-0.05, 0) is 60.7 Å². The summed E-state index contributed by atoms with van der Waals surface area (Å²) in [6, 6.07) is 10.3. The van der Waals surface area contributed by atoms with Crippen molar-refractivity contribution in [1.29, 1.82) is 0 Å². The molecule has 3 heterocycles. The minimum Gasteiger partial charge on any atom is -0.497 e. The van der Waals surface area contributed by atoms with Crippen molar-refractivity contribution >= 4 is 33.3 Å². The SMILES string of the molecule is COc1cccc(C2c3c(oc4cc(C)c(C)cc4c3=O)C(=O)N2c2nnc(CC(C)C)s2)c1. The van der Waals surface area contributed by atoms with E-state index in [1.165, 1.54) is 16.2 Å². The molecule has 0 saturated carbocycles. The zero-order chi connectivity index (χ0) is 24.1. The Bertz CT molecular complexity index is 1490. The van der Waals surface area contributed by atoms with Crippen molar-refractivity contribution in [3.63, 3.8) is 0 Å². The van der Waals surface area contributed by atoms with Gasteiger partial charge >= 0.3 is 0 Å². The van der Waals surface area contributed by atoms with Crippen LogP contribution >= 0.6 is 11.3 Å². The van der Waals surface area contributed by atoms with Crippen LogP contribution in [0.4, 0.5) is 5.13 Å². The lowest BCUT2D eigenvalue weighted by atomic mass is 9.97. The van der Waals surface area contributed by atoms with Gasteiger partial charge in [-0.15, -0.1) is 10.2 Å². The molecule has 0 spiro atoms. The van der Waals surface area contributed by atoms with E-state index in [9.17, 15) is 9.59 Å². The second-order valence-corrected chi connectivity index (χ2v) is 10.1. The maximum Gasteiger partial charge on any atom is 0.297 e. The first-order valence-corrected chi connectivity index (χ1v) is 12.0. The number of aromatic nitrogens is 2. The van der Waals surface area contributed by atoms with Crippen molar-refractivity contribution in [3.8, 4) is 5.75 Å². The second-order valence-electron chi connectivity index (χ2n) is 9.04. The number of carbonyl (C=O) groups is 1. The maximum atomic E-state index is 13.8. The molecule has 1 aliphatic heterocycles. The molecule has 1 amide bonds. The fourth-order valence-corrected chi connectivity index (χ4v) is 5.40. The molecule has 0 bridgehead atoms. The number of ether oxygens (including phenoxy) is 1. The van der Waals surface area contributed by atoms with E-state index in [-0.39, 0.29) is 11.2 Å². The molecular weight excluding hydrogens is 450 g/mol. The molecule has 5 rings (SSSR count). The van der Waals surface area contributed by atoms with Crippen molar-refractivity contribution in [2.45, 2.75) is 40.2 Å². The lowest BCUT2D eigenvalue weighted by Crippen LogP contribution is -2.29. The molecule has 1 unspecified atom stereocenters. The number of anilines is 1. The average Bonchev–Trinajstić information content (AvgIpc) is 3.37. The van der Waals surface area contributed by atoms with Crippen LogP contribution in [0.1, 0.15) is 57.7 Å². The standard InChI is InChI=1S/C26H25N3O4S/c1-13(2)9-20-27-28-26(34-20)29-22(16-7-6-8-17(12-16)32-5)21-23(30)18-10-14(3)15(4)11-19(18)33-24(21)25(29)31/h6-8,10-13,22H,9H2,1-5H3. The van der Waals surface area contributed by atoms with E-state index in [0.717, 1.165) is 28.1 Å². The van der Waals surface area contributed by atoms with E-state index in [1.54, 1.807) is 7.11 Å². The van der Waals surface area contributed by atoms with Gasteiger partial charge in [0.15, 0.2) is 5.43 Å². The predicted molar refractivity (Wildman–Crippen MR) is 132 cm³/mol. The lowest BCUT2D eigenvalue weighted by Gasteiger charge is -2.22. The molecule has 0 fully saturated rings. The van der Waals surface area contributed by atoms with Crippen molar-refractivity contribution in [2.24, 2.45) is 5.92 Å². The highest BCUT2D eigenvalue weighted by atomic mass is 32.1. The molecule has 2 aromatic heterocycles. The van der Waals surface area contributed by atoms with Crippen molar-refractivity contribution in [1.82, 2.24) is 10.2 Å². The van der Waals surface area contributed by atoms with Gasteiger partial charge in [-0.25, -0.2) is 0 Å². The molecule has 0 N–H and O–H groups in total. The van der Waals surface area contributed by atoms with Crippen molar-refractivity contribution in [2.75, 3.05) is 12.0 Å². The number of methoxy groups -OCH3 is 1. The zero-order valence-corrected chi connectivity index (χ0v) is 20.5. The van der Waals surface area contributed by atoms with Crippen LogP contribution in [-0.4, -0.2) is 23.2 Å². The summed E-state index contributed by atoms with van der Waals surface area (Å²) in [6.07, 6.45) is 0.760. The Labute approximate surface area is 201 Å². The van der Waals surface area contributed by atoms with Gasteiger partial charge in [0.05, 0.1) is 24.1 Å². The Morgan fingerprint density at radius 3 is 2.62 bits per heavy atom. The molecule has 8 heteroatoms. The fourth-order valence-electron chi connectivity index (χ4n) is 4.33. The first-order valence-electron chi connectivity index (χ1n) is 11.2. The Hall–Kier alpha value is -3.52. The molecule has 4 aromatic rings. The minimum atomic E-state index is -0.695. The van der Waals surface area contributed by atoms with Crippen LogP contribution in [0.25, 0.3) is 11.0 Å². The Balaban J connectivity index is 1.76. The maximum absolute atomic E-state index is 13.8. The first-order chi connectivity index (χ1) is 16.3. The summed E-state index contributed by atoms with van der Waals surface area (Å²) >= 11 is 1.36. The fraction of sp³-hybridized carbons (Fsp3) is 0.308. The minimum absolute atomic E-state index is 0.0502. The molecule has 174 valence electrons. The smallest absolute Gasteiger partial charge is 0.297 e. The number of hydrogen-bond donors (Lipinski definition) is 0. The van der Waals surface area contributed by atoms with Gasteiger partial charge in [-0.3, -0.25) is 14.5 Å². The first kappa shape index (κ1) is 22.3. The Kier molecular flexibility index (Phi) is 5.48. The van der Waals surface area contributed by atoms with E-state index in [2.05, 4.69) is 24.0 Å². The second kappa shape index (κ2) is 8.36. The monoisotopic (exact) mass is 475 g/mol. The van der Waals surface area contributed by atoms with Gasteiger partial charge in [-0.1, -0.05) is 37.3 Å². The van der Waals surface area contributed by atoms with Crippen LogP contribution in [0.2, 0.25) is 0 Å². The molecule has 34 heavy (non-hydrogen) atoms. The number of amides is 1. The highest BCUT2D eigenvalue weighted by Crippen LogP contribution is 2.43. The number of fused-ring (bicyclic) bond motifs is 2. The summed E-state index contributed by atoms with van der Waals surface area (Å²) in [6.45, 7) is 8.12. The molecule has 7 nitrogen and oxygen atoms in total. The van der Waals surface area contributed by atoms with Crippen LogP contribution in [0.5, 0.6) is 5.75 Å². The Morgan fingerprint density at radius 1 is 1.12 bits per heavy atom. The number of nitrogens with zero attached hydrogens (tertiary/aromatic N) is 3. The topological polar surface area (TPSA) is 85.5 Å².